The van der Waals surface area contributed by atoms with E-state index in [9.17, 15) is 18.0 Å². The molecule has 0 bridgehead atoms. The van der Waals surface area contributed by atoms with Crippen molar-refractivity contribution in [3.05, 3.63) is 40.0 Å². The highest BCUT2D eigenvalue weighted by Gasteiger charge is 2.30. The lowest BCUT2D eigenvalue weighted by Gasteiger charge is -2.08. The number of anilines is 1. The molecule has 2 heterocycles. The van der Waals surface area contributed by atoms with Gasteiger partial charge in [-0.2, -0.15) is 13.2 Å². The molecule has 8 heteroatoms. The Labute approximate surface area is 110 Å². The van der Waals surface area contributed by atoms with Crippen molar-refractivity contribution in [3.8, 4) is 0 Å². The molecule has 0 saturated heterocycles. The summed E-state index contributed by atoms with van der Waals surface area (Å²) in [6.07, 6.45) is -3.47. The lowest BCUT2D eigenvalue weighted by atomic mass is 10.2. The zero-order valence-electron chi connectivity index (χ0n) is 9.65. The minimum atomic E-state index is -4.47. The molecule has 0 atom stereocenters. The maximum atomic E-state index is 12.5. The van der Waals surface area contributed by atoms with Crippen LogP contribution in [0.3, 0.4) is 0 Å². The second-order valence-corrected chi connectivity index (χ2v) is 4.50. The SMILES string of the molecule is Cc1ncsc1C(=O)Nc1cc(C(F)(F)F)ccn1. The summed E-state index contributed by atoms with van der Waals surface area (Å²) in [6.45, 7) is 1.64. The van der Waals surface area contributed by atoms with Gasteiger partial charge in [0.25, 0.3) is 5.91 Å². The molecular formula is C11H8F3N3OS. The zero-order valence-corrected chi connectivity index (χ0v) is 10.5. The molecule has 0 saturated carbocycles. The summed E-state index contributed by atoms with van der Waals surface area (Å²) < 4.78 is 37.5. The van der Waals surface area contributed by atoms with Gasteiger partial charge in [0.15, 0.2) is 0 Å². The van der Waals surface area contributed by atoms with Crippen molar-refractivity contribution in [2.45, 2.75) is 13.1 Å². The topological polar surface area (TPSA) is 54.9 Å². The zero-order chi connectivity index (χ0) is 14.0. The highest BCUT2D eigenvalue weighted by molar-refractivity contribution is 7.12. The van der Waals surface area contributed by atoms with E-state index in [1.54, 1.807) is 6.92 Å². The fraction of sp³-hybridized carbons (Fsp3) is 0.182. The number of amides is 1. The molecule has 19 heavy (non-hydrogen) atoms. The first-order chi connectivity index (χ1) is 8.88. The van der Waals surface area contributed by atoms with Crippen molar-refractivity contribution in [1.82, 2.24) is 9.97 Å². The van der Waals surface area contributed by atoms with Gasteiger partial charge in [0.2, 0.25) is 0 Å². The molecule has 0 unspecified atom stereocenters. The van der Waals surface area contributed by atoms with Crippen LogP contribution in [0.1, 0.15) is 20.9 Å². The standard InChI is InChI=1S/C11H8F3N3OS/c1-6-9(19-5-16-6)10(18)17-8-4-7(2-3-15-8)11(12,13)14/h2-5H,1H3,(H,15,17,18). The summed E-state index contributed by atoms with van der Waals surface area (Å²) in [5.74, 6) is -0.667. The van der Waals surface area contributed by atoms with Gasteiger partial charge in [-0.15, -0.1) is 11.3 Å². The number of hydrogen-bond acceptors (Lipinski definition) is 4. The largest absolute Gasteiger partial charge is 0.416 e. The van der Waals surface area contributed by atoms with Crippen molar-refractivity contribution < 1.29 is 18.0 Å². The van der Waals surface area contributed by atoms with Crippen molar-refractivity contribution in [2.24, 2.45) is 0 Å². The number of carbonyl (C=O) groups excluding carboxylic acids is 1. The molecule has 0 spiro atoms. The van der Waals surface area contributed by atoms with Crippen LogP contribution in [0, 0.1) is 6.92 Å². The summed E-state index contributed by atoms with van der Waals surface area (Å²) in [6, 6.07) is 1.63. The number of alkyl halides is 3. The number of rotatable bonds is 2. The van der Waals surface area contributed by atoms with Crippen molar-refractivity contribution in [3.63, 3.8) is 0 Å². The summed E-state index contributed by atoms with van der Waals surface area (Å²) in [5.41, 5.74) is 1.15. The van der Waals surface area contributed by atoms with Crippen molar-refractivity contribution >= 4 is 23.1 Å². The predicted molar refractivity (Wildman–Crippen MR) is 64.0 cm³/mol. The molecule has 4 nitrogen and oxygen atoms in total. The highest BCUT2D eigenvalue weighted by Crippen LogP contribution is 2.30. The van der Waals surface area contributed by atoms with E-state index in [1.165, 1.54) is 5.51 Å². The van der Waals surface area contributed by atoms with Crippen LogP contribution in [0.5, 0.6) is 0 Å². The van der Waals surface area contributed by atoms with Crippen LogP contribution in [0.25, 0.3) is 0 Å². The van der Waals surface area contributed by atoms with Gasteiger partial charge in [-0.1, -0.05) is 0 Å². The minimum absolute atomic E-state index is 0.146. The first-order valence-corrected chi connectivity index (χ1v) is 6.00. The maximum Gasteiger partial charge on any atom is 0.416 e. The smallest absolute Gasteiger partial charge is 0.306 e. The van der Waals surface area contributed by atoms with Gasteiger partial charge in [-0.3, -0.25) is 4.79 Å². The van der Waals surface area contributed by atoms with E-state index >= 15 is 0 Å². The van der Waals surface area contributed by atoms with Gasteiger partial charge in [0.1, 0.15) is 10.7 Å². The van der Waals surface area contributed by atoms with Crippen LogP contribution in [0.2, 0.25) is 0 Å². The van der Waals surface area contributed by atoms with Crippen LogP contribution < -0.4 is 5.32 Å². The highest BCUT2D eigenvalue weighted by atomic mass is 32.1. The van der Waals surface area contributed by atoms with E-state index in [0.29, 0.717) is 10.6 Å². The maximum absolute atomic E-state index is 12.5. The van der Waals surface area contributed by atoms with Crippen LogP contribution in [-0.2, 0) is 6.18 Å². The Balaban J connectivity index is 2.21. The third-order valence-corrected chi connectivity index (χ3v) is 3.21. The molecule has 0 radical (unpaired) electrons. The third-order valence-electron chi connectivity index (χ3n) is 2.28. The van der Waals surface area contributed by atoms with Crippen molar-refractivity contribution in [1.29, 1.82) is 0 Å². The fourth-order valence-electron chi connectivity index (χ4n) is 1.37. The molecule has 1 amide bonds. The second kappa shape index (κ2) is 4.96. The number of carbonyl (C=O) groups is 1. The monoisotopic (exact) mass is 287 g/mol. The number of nitrogens with zero attached hydrogens (tertiary/aromatic N) is 2. The van der Waals surface area contributed by atoms with E-state index in [4.69, 9.17) is 0 Å². The normalized spacial score (nSPS) is 11.4. The van der Waals surface area contributed by atoms with Gasteiger partial charge >= 0.3 is 6.18 Å². The molecule has 1 N–H and O–H groups in total. The second-order valence-electron chi connectivity index (χ2n) is 3.65. The molecule has 2 aromatic rings. The number of thiazole rings is 1. The molecule has 0 fully saturated rings. The van der Waals surface area contributed by atoms with E-state index in [1.807, 2.05) is 0 Å². The van der Waals surface area contributed by atoms with Crippen LogP contribution in [-0.4, -0.2) is 15.9 Å². The van der Waals surface area contributed by atoms with Gasteiger partial charge < -0.3 is 5.32 Å². The number of hydrogen-bond donors (Lipinski definition) is 1. The van der Waals surface area contributed by atoms with Gasteiger partial charge in [-0.05, 0) is 19.1 Å². The summed E-state index contributed by atoms with van der Waals surface area (Å²) in [5, 5.41) is 2.32. The van der Waals surface area contributed by atoms with E-state index in [-0.39, 0.29) is 5.82 Å². The molecule has 0 aliphatic rings. The first-order valence-electron chi connectivity index (χ1n) is 5.12. The fourth-order valence-corrected chi connectivity index (χ4v) is 2.07. The Kier molecular flexibility index (Phi) is 3.52. The Morgan fingerprint density at radius 2 is 2.11 bits per heavy atom. The third kappa shape index (κ3) is 3.08. The average Bonchev–Trinajstić information content (AvgIpc) is 2.75. The molecule has 100 valence electrons. The lowest BCUT2D eigenvalue weighted by molar-refractivity contribution is -0.137. The van der Waals surface area contributed by atoms with E-state index in [0.717, 1.165) is 29.7 Å². The Bertz CT molecular complexity index is 609. The molecule has 0 aromatic carbocycles. The first kappa shape index (κ1) is 13.5. The van der Waals surface area contributed by atoms with E-state index < -0.39 is 17.6 Å². The Morgan fingerprint density at radius 3 is 2.68 bits per heavy atom. The lowest BCUT2D eigenvalue weighted by Crippen LogP contribution is -2.14. The summed E-state index contributed by atoms with van der Waals surface area (Å²) >= 11 is 1.11. The predicted octanol–water partition coefficient (Wildman–Crippen LogP) is 3.12. The van der Waals surface area contributed by atoms with Gasteiger partial charge in [0, 0.05) is 6.20 Å². The summed E-state index contributed by atoms with van der Waals surface area (Å²) in [4.78, 5) is 19.7. The Hall–Kier alpha value is -1.96. The van der Waals surface area contributed by atoms with Crippen LogP contribution >= 0.6 is 11.3 Å². The summed E-state index contributed by atoms with van der Waals surface area (Å²) in [7, 11) is 0. The molecule has 2 aromatic heterocycles. The van der Waals surface area contributed by atoms with Gasteiger partial charge in [0.05, 0.1) is 16.8 Å². The molecule has 0 aliphatic heterocycles. The number of halogens is 3. The Morgan fingerprint density at radius 1 is 1.37 bits per heavy atom. The molecule has 2 rings (SSSR count). The van der Waals surface area contributed by atoms with Crippen LogP contribution in [0.4, 0.5) is 19.0 Å². The minimum Gasteiger partial charge on any atom is -0.306 e. The number of aromatic nitrogens is 2. The molecule has 0 aliphatic carbocycles. The number of nitrogens with one attached hydrogen (secondary N) is 1. The van der Waals surface area contributed by atoms with Crippen LogP contribution in [0.15, 0.2) is 23.8 Å². The van der Waals surface area contributed by atoms with Gasteiger partial charge in [-0.25, -0.2) is 9.97 Å². The quantitative estimate of drug-likeness (QED) is 0.923. The number of aryl methyl sites for hydroxylation is 1. The van der Waals surface area contributed by atoms with Crippen molar-refractivity contribution in [2.75, 3.05) is 5.32 Å². The average molecular weight is 287 g/mol. The van der Waals surface area contributed by atoms with E-state index in [2.05, 4.69) is 15.3 Å². The molecular weight excluding hydrogens is 279 g/mol. The number of pyridine rings is 1.